The number of amides is 1. The lowest BCUT2D eigenvalue weighted by Crippen LogP contribution is -2.30. The highest BCUT2D eigenvalue weighted by molar-refractivity contribution is 7.99. The van der Waals surface area contributed by atoms with E-state index in [2.05, 4.69) is 5.32 Å². The number of rotatable bonds is 9. The van der Waals surface area contributed by atoms with Gasteiger partial charge >= 0.3 is 5.97 Å². The zero-order valence-corrected chi connectivity index (χ0v) is 15.2. The van der Waals surface area contributed by atoms with Crippen molar-refractivity contribution >= 4 is 35.4 Å². The van der Waals surface area contributed by atoms with E-state index in [-0.39, 0.29) is 18.2 Å². The molecular formula is C19H18N2O5S. The first-order chi connectivity index (χ1) is 13.0. The molecule has 27 heavy (non-hydrogen) atoms. The van der Waals surface area contributed by atoms with Crippen molar-refractivity contribution in [3.05, 3.63) is 76.4 Å². The van der Waals surface area contributed by atoms with E-state index in [0.717, 1.165) is 4.90 Å². The number of non-ortho nitro benzene ring substituents is 1. The molecule has 0 bridgehead atoms. The maximum absolute atomic E-state index is 11.6. The van der Waals surface area contributed by atoms with E-state index >= 15 is 0 Å². The van der Waals surface area contributed by atoms with Gasteiger partial charge in [0, 0.05) is 35.4 Å². The molecule has 1 N–H and O–H groups in total. The molecule has 0 saturated carbocycles. The Morgan fingerprint density at radius 3 is 2.48 bits per heavy atom. The third-order valence-electron chi connectivity index (χ3n) is 3.30. The molecule has 0 fully saturated rings. The first-order valence-corrected chi connectivity index (χ1v) is 9.07. The molecule has 0 atom stereocenters. The van der Waals surface area contributed by atoms with Crippen molar-refractivity contribution in [2.75, 3.05) is 18.9 Å². The Kier molecular flexibility index (Phi) is 8.05. The predicted octanol–water partition coefficient (Wildman–Crippen LogP) is 3.06. The Balaban J connectivity index is 1.64. The normalized spacial score (nSPS) is 10.5. The van der Waals surface area contributed by atoms with Gasteiger partial charge in [-0.15, -0.1) is 11.8 Å². The Morgan fingerprint density at radius 1 is 1.11 bits per heavy atom. The number of hydrogen-bond acceptors (Lipinski definition) is 6. The molecule has 0 spiro atoms. The van der Waals surface area contributed by atoms with Crippen molar-refractivity contribution in [2.45, 2.75) is 4.90 Å². The van der Waals surface area contributed by atoms with Gasteiger partial charge in [-0.25, -0.2) is 4.79 Å². The smallest absolute Gasteiger partial charge is 0.331 e. The maximum Gasteiger partial charge on any atom is 0.331 e. The zero-order chi connectivity index (χ0) is 19.5. The number of hydrogen-bond donors (Lipinski definition) is 1. The number of esters is 1. The van der Waals surface area contributed by atoms with Crippen molar-refractivity contribution in [3.63, 3.8) is 0 Å². The minimum atomic E-state index is -0.665. The number of carbonyl (C=O) groups is 2. The van der Waals surface area contributed by atoms with Gasteiger partial charge in [0.2, 0.25) is 0 Å². The summed E-state index contributed by atoms with van der Waals surface area (Å²) in [6.45, 7) is 0.105. The van der Waals surface area contributed by atoms with Gasteiger partial charge in [0.25, 0.3) is 11.6 Å². The summed E-state index contributed by atoms with van der Waals surface area (Å²) in [4.78, 5) is 34.4. The van der Waals surface area contributed by atoms with Crippen molar-refractivity contribution < 1.29 is 19.2 Å². The molecule has 0 aliphatic carbocycles. The van der Waals surface area contributed by atoms with Crippen LogP contribution in [0.4, 0.5) is 5.69 Å². The molecule has 0 saturated heterocycles. The molecule has 7 nitrogen and oxygen atoms in total. The average Bonchev–Trinajstić information content (AvgIpc) is 2.69. The van der Waals surface area contributed by atoms with Crippen LogP contribution in [-0.4, -0.2) is 35.7 Å². The number of nitro groups is 1. The van der Waals surface area contributed by atoms with Crippen LogP contribution in [0.3, 0.4) is 0 Å². The summed E-state index contributed by atoms with van der Waals surface area (Å²) in [6.07, 6.45) is 2.63. The highest BCUT2D eigenvalue weighted by Gasteiger charge is 2.05. The van der Waals surface area contributed by atoms with Gasteiger partial charge in [0.05, 0.1) is 4.92 Å². The molecule has 2 aromatic carbocycles. The Labute approximate surface area is 160 Å². The van der Waals surface area contributed by atoms with Gasteiger partial charge in [0.1, 0.15) is 0 Å². The fourth-order valence-corrected chi connectivity index (χ4v) is 2.77. The van der Waals surface area contributed by atoms with Crippen LogP contribution in [0.5, 0.6) is 0 Å². The summed E-state index contributed by atoms with van der Waals surface area (Å²) in [7, 11) is 0. The van der Waals surface area contributed by atoms with Gasteiger partial charge in [0.15, 0.2) is 6.61 Å². The Morgan fingerprint density at radius 2 is 1.81 bits per heavy atom. The zero-order valence-electron chi connectivity index (χ0n) is 14.4. The van der Waals surface area contributed by atoms with Crippen LogP contribution in [-0.2, 0) is 14.3 Å². The number of ether oxygens (including phenoxy) is 1. The first-order valence-electron chi connectivity index (χ1n) is 8.08. The monoisotopic (exact) mass is 386 g/mol. The number of nitrogens with one attached hydrogen (secondary N) is 1. The second kappa shape index (κ2) is 10.8. The van der Waals surface area contributed by atoms with Crippen LogP contribution in [0.1, 0.15) is 5.56 Å². The molecule has 2 rings (SSSR count). The molecule has 0 unspecified atom stereocenters. The SMILES string of the molecule is O=C(COC(=O)/C=C/c1ccc([N+](=O)[O-])cc1)NCCSc1ccccc1. The van der Waals surface area contributed by atoms with Crippen LogP contribution >= 0.6 is 11.8 Å². The van der Waals surface area contributed by atoms with E-state index in [1.165, 1.54) is 36.4 Å². The summed E-state index contributed by atoms with van der Waals surface area (Å²) in [6, 6.07) is 15.5. The van der Waals surface area contributed by atoms with E-state index in [1.807, 2.05) is 30.3 Å². The molecule has 0 aromatic heterocycles. The average molecular weight is 386 g/mol. The van der Waals surface area contributed by atoms with Crippen molar-refractivity contribution in [1.29, 1.82) is 0 Å². The van der Waals surface area contributed by atoms with Crippen LogP contribution in [0.2, 0.25) is 0 Å². The van der Waals surface area contributed by atoms with Crippen LogP contribution < -0.4 is 5.32 Å². The highest BCUT2D eigenvalue weighted by atomic mass is 32.2. The van der Waals surface area contributed by atoms with Gasteiger partial charge in [-0.2, -0.15) is 0 Å². The van der Waals surface area contributed by atoms with Gasteiger partial charge in [-0.1, -0.05) is 18.2 Å². The van der Waals surface area contributed by atoms with Crippen molar-refractivity contribution in [2.24, 2.45) is 0 Å². The predicted molar refractivity (Wildman–Crippen MR) is 103 cm³/mol. The van der Waals surface area contributed by atoms with E-state index in [9.17, 15) is 19.7 Å². The Hall–Kier alpha value is -3.13. The second-order valence-corrected chi connectivity index (χ2v) is 6.47. The molecule has 8 heteroatoms. The van der Waals surface area contributed by atoms with Crippen molar-refractivity contribution in [3.8, 4) is 0 Å². The summed E-state index contributed by atoms with van der Waals surface area (Å²) < 4.78 is 4.85. The van der Waals surface area contributed by atoms with Gasteiger partial charge in [-0.3, -0.25) is 14.9 Å². The lowest BCUT2D eigenvalue weighted by atomic mass is 10.2. The quantitative estimate of drug-likeness (QED) is 0.178. The number of carbonyl (C=O) groups excluding carboxylic acids is 2. The van der Waals surface area contributed by atoms with Crippen molar-refractivity contribution in [1.82, 2.24) is 5.32 Å². The summed E-state index contributed by atoms with van der Waals surface area (Å²) in [5.74, 6) is -0.327. The molecule has 140 valence electrons. The van der Waals surface area contributed by atoms with E-state index in [0.29, 0.717) is 17.9 Å². The topological polar surface area (TPSA) is 98.5 Å². The minimum absolute atomic E-state index is 0.0307. The summed E-state index contributed by atoms with van der Waals surface area (Å²) >= 11 is 1.62. The fourth-order valence-electron chi connectivity index (χ4n) is 1.98. The minimum Gasteiger partial charge on any atom is -0.452 e. The Bertz CT molecular complexity index is 807. The van der Waals surface area contributed by atoms with E-state index in [4.69, 9.17) is 4.74 Å². The number of nitrogens with zero attached hydrogens (tertiary/aromatic N) is 1. The van der Waals surface area contributed by atoms with Crippen LogP contribution in [0.15, 0.2) is 65.6 Å². The molecule has 0 aliphatic rings. The molecule has 0 radical (unpaired) electrons. The highest BCUT2D eigenvalue weighted by Crippen LogP contribution is 2.15. The van der Waals surface area contributed by atoms with E-state index in [1.54, 1.807) is 11.8 Å². The molecule has 0 aliphatic heterocycles. The molecular weight excluding hydrogens is 368 g/mol. The summed E-state index contributed by atoms with van der Waals surface area (Å²) in [5, 5.41) is 13.2. The van der Waals surface area contributed by atoms with Crippen LogP contribution in [0, 0.1) is 10.1 Å². The maximum atomic E-state index is 11.6. The number of nitro benzene ring substituents is 1. The largest absolute Gasteiger partial charge is 0.452 e. The van der Waals surface area contributed by atoms with Crippen LogP contribution in [0.25, 0.3) is 6.08 Å². The first kappa shape index (κ1) is 20.2. The molecule has 1 amide bonds. The molecule has 0 heterocycles. The lowest BCUT2D eigenvalue weighted by molar-refractivity contribution is -0.384. The number of benzene rings is 2. The van der Waals surface area contributed by atoms with Gasteiger partial charge in [-0.05, 0) is 35.9 Å². The second-order valence-electron chi connectivity index (χ2n) is 5.30. The lowest BCUT2D eigenvalue weighted by Gasteiger charge is -2.05. The third kappa shape index (κ3) is 7.74. The molecule has 2 aromatic rings. The van der Waals surface area contributed by atoms with Gasteiger partial charge < -0.3 is 10.1 Å². The third-order valence-corrected chi connectivity index (χ3v) is 4.31. The number of thioether (sulfide) groups is 1. The standard InChI is InChI=1S/C19H18N2O5S/c22-18(20-12-13-27-17-4-2-1-3-5-17)14-26-19(23)11-8-15-6-9-16(10-7-15)21(24)25/h1-11H,12-14H2,(H,20,22)/b11-8+. The fraction of sp³-hybridized carbons (Fsp3) is 0.158. The summed E-state index contributed by atoms with van der Waals surface area (Å²) in [5.41, 5.74) is 0.580. The van der Waals surface area contributed by atoms with E-state index < -0.39 is 10.9 Å².